The normalized spacial score (nSPS) is 23.7. The average molecular weight is 530 g/mol. The van der Waals surface area contributed by atoms with Crippen LogP contribution in [0.3, 0.4) is 0 Å². The molecule has 1 saturated carbocycles. The molecular formula is C28H34F3N5O2. The summed E-state index contributed by atoms with van der Waals surface area (Å²) >= 11 is 0. The van der Waals surface area contributed by atoms with E-state index in [1.165, 1.54) is 18.5 Å². The van der Waals surface area contributed by atoms with Gasteiger partial charge in [0.15, 0.2) is 0 Å². The molecule has 7 nitrogen and oxygen atoms in total. The van der Waals surface area contributed by atoms with Gasteiger partial charge in [-0.3, -0.25) is 9.59 Å². The highest BCUT2D eigenvalue weighted by atomic mass is 19.3. The van der Waals surface area contributed by atoms with E-state index >= 15 is 0 Å². The standard InChI is InChI=1S/C28H34F3N5O2/c1-17-26(18(2)33-16-32-17)27(38)36-14-21-12-35(13-22(21)15-36)7-6-24(20-4-3-5-23(29)9-20)34-25(37)8-19-10-28(30,31)11-19/h3-5,9,16,19,21-22,24H,6-8,10-15H2,1-2H3,(H,34,37)/t21?,22?,24-/m0/s1. The zero-order valence-electron chi connectivity index (χ0n) is 21.8. The number of nitrogens with zero attached hydrogens (tertiary/aromatic N) is 4. The molecule has 3 aliphatic rings. The third kappa shape index (κ3) is 5.85. The molecule has 0 spiro atoms. The summed E-state index contributed by atoms with van der Waals surface area (Å²) in [4.78, 5) is 38.4. The molecule has 1 N–H and O–H groups in total. The number of hydrogen-bond donors (Lipinski definition) is 1. The van der Waals surface area contributed by atoms with Gasteiger partial charge in [0.05, 0.1) is 23.0 Å². The van der Waals surface area contributed by atoms with Crippen molar-refractivity contribution in [1.82, 2.24) is 25.1 Å². The van der Waals surface area contributed by atoms with Crippen LogP contribution >= 0.6 is 0 Å². The molecule has 5 rings (SSSR count). The summed E-state index contributed by atoms with van der Waals surface area (Å²) in [5, 5.41) is 2.97. The zero-order valence-corrected chi connectivity index (χ0v) is 21.8. The number of likely N-dealkylation sites (tertiary alicyclic amines) is 2. The van der Waals surface area contributed by atoms with Crippen LogP contribution in [0.5, 0.6) is 0 Å². The number of carbonyl (C=O) groups is 2. The second-order valence-corrected chi connectivity index (χ2v) is 11.2. The van der Waals surface area contributed by atoms with Crippen molar-refractivity contribution in [2.24, 2.45) is 17.8 Å². The molecule has 1 aromatic heterocycles. The highest BCUT2D eigenvalue weighted by Gasteiger charge is 2.46. The number of benzene rings is 1. The first-order valence-corrected chi connectivity index (χ1v) is 13.3. The molecule has 2 aliphatic heterocycles. The molecule has 3 atom stereocenters. The minimum absolute atomic E-state index is 0.0142. The van der Waals surface area contributed by atoms with Crippen LogP contribution < -0.4 is 5.32 Å². The molecule has 1 aliphatic carbocycles. The van der Waals surface area contributed by atoms with Crippen LogP contribution in [0.1, 0.15) is 59.0 Å². The maximum absolute atomic E-state index is 13.9. The Morgan fingerprint density at radius 2 is 1.74 bits per heavy atom. The second-order valence-electron chi connectivity index (χ2n) is 11.2. The van der Waals surface area contributed by atoms with Crippen molar-refractivity contribution in [3.8, 4) is 0 Å². The fourth-order valence-electron chi connectivity index (χ4n) is 6.30. The summed E-state index contributed by atoms with van der Waals surface area (Å²) in [7, 11) is 0. The lowest BCUT2D eigenvalue weighted by Gasteiger charge is -2.34. The van der Waals surface area contributed by atoms with Gasteiger partial charge in [0.25, 0.3) is 5.91 Å². The number of amides is 2. The fraction of sp³-hybridized carbons (Fsp3) is 0.571. The Balaban J connectivity index is 1.16. The third-order valence-corrected chi connectivity index (χ3v) is 8.26. The van der Waals surface area contributed by atoms with Gasteiger partial charge in [-0.1, -0.05) is 12.1 Å². The lowest BCUT2D eigenvalue weighted by molar-refractivity contribution is -0.134. The van der Waals surface area contributed by atoms with Crippen molar-refractivity contribution in [3.63, 3.8) is 0 Å². The number of carbonyl (C=O) groups excluding carboxylic acids is 2. The molecule has 2 amide bonds. The van der Waals surface area contributed by atoms with Crippen molar-refractivity contribution in [3.05, 3.63) is 58.9 Å². The largest absolute Gasteiger partial charge is 0.349 e. The van der Waals surface area contributed by atoms with Gasteiger partial charge in [-0.05, 0) is 55.7 Å². The number of aromatic nitrogens is 2. The summed E-state index contributed by atoms with van der Waals surface area (Å²) < 4.78 is 40.3. The number of aryl methyl sites for hydroxylation is 2. The SMILES string of the molecule is Cc1ncnc(C)c1C(=O)N1CC2CN(CC[C@H](NC(=O)CC3CC(F)(F)C3)c3cccc(F)c3)CC2C1. The van der Waals surface area contributed by atoms with Crippen LogP contribution in [0.4, 0.5) is 13.2 Å². The van der Waals surface area contributed by atoms with Crippen molar-refractivity contribution in [2.45, 2.75) is 51.5 Å². The number of nitrogens with one attached hydrogen (secondary N) is 1. The summed E-state index contributed by atoms with van der Waals surface area (Å²) in [6.45, 7) is 7.42. The molecule has 10 heteroatoms. The Hall–Kier alpha value is -3.01. The van der Waals surface area contributed by atoms with E-state index in [9.17, 15) is 22.8 Å². The van der Waals surface area contributed by atoms with E-state index in [1.54, 1.807) is 12.1 Å². The predicted octanol–water partition coefficient (Wildman–Crippen LogP) is 3.92. The molecule has 38 heavy (non-hydrogen) atoms. The molecule has 0 radical (unpaired) electrons. The molecule has 1 aromatic carbocycles. The van der Waals surface area contributed by atoms with Gasteiger partial charge in [0.2, 0.25) is 11.8 Å². The first-order valence-electron chi connectivity index (χ1n) is 13.3. The Morgan fingerprint density at radius 3 is 2.34 bits per heavy atom. The third-order valence-electron chi connectivity index (χ3n) is 8.26. The minimum atomic E-state index is -2.66. The lowest BCUT2D eigenvalue weighted by Crippen LogP contribution is -2.40. The van der Waals surface area contributed by atoms with E-state index in [0.717, 1.165) is 13.1 Å². The monoisotopic (exact) mass is 529 g/mol. The van der Waals surface area contributed by atoms with Gasteiger partial charge in [-0.2, -0.15) is 0 Å². The van der Waals surface area contributed by atoms with Crippen LogP contribution in [-0.2, 0) is 4.79 Å². The van der Waals surface area contributed by atoms with Crippen LogP contribution in [-0.4, -0.2) is 70.2 Å². The number of halogens is 3. The molecule has 204 valence electrons. The molecule has 2 unspecified atom stereocenters. The van der Waals surface area contributed by atoms with E-state index in [1.807, 2.05) is 18.7 Å². The molecule has 2 aromatic rings. The Labute approximate surface area is 220 Å². The number of hydrogen-bond acceptors (Lipinski definition) is 5. The zero-order chi connectivity index (χ0) is 27.0. The topological polar surface area (TPSA) is 78.4 Å². The number of alkyl halides is 2. The van der Waals surface area contributed by atoms with E-state index in [4.69, 9.17) is 0 Å². The van der Waals surface area contributed by atoms with Crippen molar-refractivity contribution in [1.29, 1.82) is 0 Å². The molecule has 2 saturated heterocycles. The number of fused-ring (bicyclic) bond motifs is 1. The molecule has 3 heterocycles. The van der Waals surface area contributed by atoms with Crippen molar-refractivity contribution in [2.75, 3.05) is 32.7 Å². The Bertz CT molecular complexity index is 1170. The average Bonchev–Trinajstić information content (AvgIpc) is 3.39. The summed E-state index contributed by atoms with van der Waals surface area (Å²) in [6.07, 6.45) is 1.61. The van der Waals surface area contributed by atoms with Gasteiger partial charge < -0.3 is 15.1 Å². The Morgan fingerprint density at radius 1 is 1.08 bits per heavy atom. The highest BCUT2D eigenvalue weighted by molar-refractivity contribution is 5.96. The van der Waals surface area contributed by atoms with Gasteiger partial charge in [0.1, 0.15) is 12.1 Å². The highest BCUT2D eigenvalue weighted by Crippen LogP contribution is 2.44. The second kappa shape index (κ2) is 10.6. The van der Waals surface area contributed by atoms with Crippen LogP contribution in [0.15, 0.2) is 30.6 Å². The summed E-state index contributed by atoms with van der Waals surface area (Å²) in [5.41, 5.74) is 2.64. The van der Waals surface area contributed by atoms with Gasteiger partial charge in [-0.25, -0.2) is 23.1 Å². The van der Waals surface area contributed by atoms with Crippen molar-refractivity contribution < 1.29 is 22.8 Å². The smallest absolute Gasteiger partial charge is 0.257 e. The van der Waals surface area contributed by atoms with Crippen LogP contribution in [0.25, 0.3) is 0 Å². The molecular weight excluding hydrogens is 495 g/mol. The van der Waals surface area contributed by atoms with Crippen LogP contribution in [0.2, 0.25) is 0 Å². The predicted molar refractivity (Wildman–Crippen MR) is 135 cm³/mol. The quantitative estimate of drug-likeness (QED) is 0.561. The van der Waals surface area contributed by atoms with E-state index in [2.05, 4.69) is 20.2 Å². The first kappa shape index (κ1) is 26.6. The maximum Gasteiger partial charge on any atom is 0.257 e. The van der Waals surface area contributed by atoms with Gasteiger partial charge in [0, 0.05) is 52.0 Å². The number of rotatable bonds is 8. The molecule has 0 bridgehead atoms. The van der Waals surface area contributed by atoms with E-state index in [-0.39, 0.29) is 42.8 Å². The van der Waals surface area contributed by atoms with Crippen LogP contribution in [0, 0.1) is 37.4 Å². The fourth-order valence-corrected chi connectivity index (χ4v) is 6.30. The van der Waals surface area contributed by atoms with Gasteiger partial charge >= 0.3 is 0 Å². The van der Waals surface area contributed by atoms with E-state index in [0.29, 0.717) is 60.4 Å². The van der Waals surface area contributed by atoms with Gasteiger partial charge in [-0.15, -0.1) is 0 Å². The Kier molecular flexibility index (Phi) is 7.44. The summed E-state index contributed by atoms with van der Waals surface area (Å²) in [6, 6.07) is 5.77. The van der Waals surface area contributed by atoms with Crippen molar-refractivity contribution >= 4 is 11.8 Å². The van der Waals surface area contributed by atoms with E-state index < -0.39 is 12.0 Å². The maximum atomic E-state index is 13.9. The summed E-state index contributed by atoms with van der Waals surface area (Å²) in [5.74, 6) is -2.90. The minimum Gasteiger partial charge on any atom is -0.349 e. The lowest BCUT2D eigenvalue weighted by atomic mass is 9.79. The first-order chi connectivity index (χ1) is 18.1. The molecule has 3 fully saturated rings.